The van der Waals surface area contributed by atoms with Gasteiger partial charge in [0.05, 0.1) is 6.20 Å². The molecule has 1 saturated heterocycles. The number of carbonyl (C=O) groups is 3. The maximum Gasteiger partial charge on any atom is 0.325 e. The van der Waals surface area contributed by atoms with Crippen molar-refractivity contribution in [3.63, 3.8) is 0 Å². The van der Waals surface area contributed by atoms with E-state index in [0.29, 0.717) is 12.2 Å². The number of rotatable bonds is 4. The molecular weight excluding hydrogens is 358 g/mol. The van der Waals surface area contributed by atoms with Crippen LogP contribution in [-0.2, 0) is 21.5 Å². The fourth-order valence-electron chi connectivity index (χ4n) is 4.11. The highest BCUT2D eigenvalue weighted by Gasteiger charge is 2.54. The Kier molecular flexibility index (Phi) is 4.41. The Labute approximate surface area is 162 Å². The predicted molar refractivity (Wildman–Crippen MR) is 103 cm³/mol. The Bertz CT molecular complexity index is 951. The second-order valence-electron chi connectivity index (χ2n) is 7.54. The molecule has 1 spiro atoms. The van der Waals surface area contributed by atoms with Crippen molar-refractivity contribution >= 4 is 23.7 Å². The van der Waals surface area contributed by atoms with Gasteiger partial charge in [0.15, 0.2) is 0 Å². The summed E-state index contributed by atoms with van der Waals surface area (Å²) in [6.45, 7) is 3.56. The Hall–Kier alpha value is -3.16. The highest BCUT2D eigenvalue weighted by Crippen LogP contribution is 2.39. The third kappa shape index (κ3) is 2.85. The van der Waals surface area contributed by atoms with Gasteiger partial charge in [-0.3, -0.25) is 14.5 Å². The maximum atomic E-state index is 13.2. The van der Waals surface area contributed by atoms with E-state index in [4.69, 9.17) is 0 Å². The first-order valence-corrected chi connectivity index (χ1v) is 9.48. The Morgan fingerprint density at radius 2 is 2.07 bits per heavy atom. The summed E-state index contributed by atoms with van der Waals surface area (Å²) in [7, 11) is 0. The summed E-state index contributed by atoms with van der Waals surface area (Å²) in [4.78, 5) is 39.3. The van der Waals surface area contributed by atoms with Gasteiger partial charge in [-0.25, -0.2) is 9.48 Å². The molecule has 0 radical (unpaired) electrons. The van der Waals surface area contributed by atoms with E-state index in [1.807, 2.05) is 38.1 Å². The maximum absolute atomic E-state index is 13.2. The number of nitrogens with zero attached hydrogens (tertiary/aromatic N) is 3. The summed E-state index contributed by atoms with van der Waals surface area (Å²) in [5.41, 5.74) is 0.835. The van der Waals surface area contributed by atoms with Crippen molar-refractivity contribution in [1.82, 2.24) is 20.0 Å². The lowest BCUT2D eigenvalue weighted by Gasteiger charge is -2.33. The van der Waals surface area contributed by atoms with Crippen LogP contribution in [0.2, 0.25) is 0 Å². The van der Waals surface area contributed by atoms with Crippen LogP contribution < -0.4 is 10.6 Å². The summed E-state index contributed by atoms with van der Waals surface area (Å²) in [6.07, 6.45) is 3.81. The van der Waals surface area contributed by atoms with E-state index < -0.39 is 17.5 Å². The molecule has 2 aliphatic rings. The van der Waals surface area contributed by atoms with Crippen LogP contribution in [0.4, 0.5) is 10.6 Å². The number of carbonyl (C=O) groups excluding carboxylic acids is 3. The molecule has 2 aromatic rings. The number of benzene rings is 1. The number of imide groups is 1. The van der Waals surface area contributed by atoms with Crippen molar-refractivity contribution in [1.29, 1.82) is 0 Å². The fourth-order valence-corrected chi connectivity index (χ4v) is 4.11. The molecule has 146 valence electrons. The van der Waals surface area contributed by atoms with Crippen molar-refractivity contribution in [3.05, 3.63) is 47.7 Å². The SMILES string of the molecule is CC(C)n1nccc1NC(=O)CN1C(=O)N[C@]2(CCCc3ccccc32)C1=O. The van der Waals surface area contributed by atoms with Crippen LogP contribution in [0.25, 0.3) is 0 Å². The molecule has 4 rings (SSSR count). The predicted octanol–water partition coefficient (Wildman–Crippen LogP) is 2.19. The molecule has 28 heavy (non-hydrogen) atoms. The van der Waals surface area contributed by atoms with E-state index in [2.05, 4.69) is 15.7 Å². The highest BCUT2D eigenvalue weighted by atomic mass is 16.2. The third-order valence-electron chi connectivity index (χ3n) is 5.38. The van der Waals surface area contributed by atoms with Crippen molar-refractivity contribution in [3.8, 4) is 0 Å². The average molecular weight is 381 g/mol. The van der Waals surface area contributed by atoms with E-state index >= 15 is 0 Å². The van der Waals surface area contributed by atoms with Gasteiger partial charge < -0.3 is 10.6 Å². The van der Waals surface area contributed by atoms with Gasteiger partial charge >= 0.3 is 6.03 Å². The Morgan fingerprint density at radius 1 is 1.29 bits per heavy atom. The molecule has 0 bridgehead atoms. The van der Waals surface area contributed by atoms with Crippen LogP contribution in [0.1, 0.15) is 43.9 Å². The fraction of sp³-hybridized carbons (Fsp3) is 0.400. The second-order valence-corrected chi connectivity index (χ2v) is 7.54. The molecule has 1 aromatic heterocycles. The molecule has 1 fully saturated rings. The van der Waals surface area contributed by atoms with Gasteiger partial charge in [0, 0.05) is 12.1 Å². The Balaban J connectivity index is 1.54. The molecule has 1 aliphatic heterocycles. The number of hydrogen-bond donors (Lipinski definition) is 2. The molecule has 2 heterocycles. The number of urea groups is 1. The van der Waals surface area contributed by atoms with Gasteiger partial charge in [0.25, 0.3) is 5.91 Å². The van der Waals surface area contributed by atoms with Crippen molar-refractivity contribution in [2.45, 2.75) is 44.7 Å². The molecule has 8 nitrogen and oxygen atoms in total. The number of aromatic nitrogens is 2. The molecular formula is C20H23N5O3. The van der Waals surface area contributed by atoms with Crippen LogP contribution in [0.3, 0.4) is 0 Å². The van der Waals surface area contributed by atoms with E-state index in [1.165, 1.54) is 0 Å². The van der Waals surface area contributed by atoms with Crippen molar-refractivity contribution in [2.75, 3.05) is 11.9 Å². The van der Waals surface area contributed by atoms with Crippen LogP contribution in [0.15, 0.2) is 36.5 Å². The van der Waals surface area contributed by atoms with Crippen molar-refractivity contribution < 1.29 is 14.4 Å². The first-order valence-electron chi connectivity index (χ1n) is 9.48. The lowest BCUT2D eigenvalue weighted by molar-refractivity contribution is -0.134. The minimum absolute atomic E-state index is 0.0732. The number of amides is 4. The molecule has 1 aliphatic carbocycles. The van der Waals surface area contributed by atoms with Crippen LogP contribution in [0, 0.1) is 0 Å². The number of hydrogen-bond acceptors (Lipinski definition) is 4. The standard InChI is InChI=1S/C20H23N5O3/c1-13(2)25-16(9-11-21-25)22-17(26)12-24-18(27)20(23-19(24)28)10-5-7-14-6-3-4-8-15(14)20/h3-4,6,8-9,11,13H,5,7,10,12H2,1-2H3,(H,22,26)(H,23,28)/t20-/m0/s1. The first-order chi connectivity index (χ1) is 13.4. The smallest absolute Gasteiger partial charge is 0.319 e. The quantitative estimate of drug-likeness (QED) is 0.794. The number of anilines is 1. The van der Waals surface area contributed by atoms with E-state index in [0.717, 1.165) is 28.9 Å². The van der Waals surface area contributed by atoms with E-state index in [1.54, 1.807) is 16.9 Å². The molecule has 1 atom stereocenters. The van der Waals surface area contributed by atoms with E-state index in [9.17, 15) is 14.4 Å². The second kappa shape index (κ2) is 6.78. The summed E-state index contributed by atoms with van der Waals surface area (Å²) in [6, 6.07) is 8.90. The number of nitrogens with one attached hydrogen (secondary N) is 2. The summed E-state index contributed by atoms with van der Waals surface area (Å²) in [5, 5.41) is 9.76. The zero-order chi connectivity index (χ0) is 19.9. The topological polar surface area (TPSA) is 96.3 Å². The first kappa shape index (κ1) is 18.2. The summed E-state index contributed by atoms with van der Waals surface area (Å²) in [5.74, 6) is -0.269. The van der Waals surface area contributed by atoms with E-state index in [-0.39, 0.29) is 18.5 Å². The third-order valence-corrected chi connectivity index (χ3v) is 5.38. The molecule has 0 saturated carbocycles. The van der Waals surface area contributed by atoms with Gasteiger partial charge in [-0.2, -0.15) is 5.10 Å². The van der Waals surface area contributed by atoms with Gasteiger partial charge in [0.1, 0.15) is 17.9 Å². The summed E-state index contributed by atoms with van der Waals surface area (Å²) < 4.78 is 1.67. The zero-order valence-electron chi connectivity index (χ0n) is 15.9. The lowest BCUT2D eigenvalue weighted by atomic mass is 9.76. The minimum atomic E-state index is -1.06. The lowest BCUT2D eigenvalue weighted by Crippen LogP contribution is -2.47. The van der Waals surface area contributed by atoms with Crippen LogP contribution >= 0.6 is 0 Å². The number of fused-ring (bicyclic) bond motifs is 2. The zero-order valence-corrected chi connectivity index (χ0v) is 15.9. The van der Waals surface area contributed by atoms with Gasteiger partial charge in [-0.15, -0.1) is 0 Å². The summed E-state index contributed by atoms with van der Waals surface area (Å²) >= 11 is 0. The van der Waals surface area contributed by atoms with Gasteiger partial charge in [-0.1, -0.05) is 24.3 Å². The minimum Gasteiger partial charge on any atom is -0.319 e. The highest BCUT2D eigenvalue weighted by molar-refractivity contribution is 6.10. The molecule has 4 amide bonds. The van der Waals surface area contributed by atoms with Gasteiger partial charge in [0.2, 0.25) is 5.91 Å². The molecule has 2 N–H and O–H groups in total. The number of aryl methyl sites for hydroxylation is 1. The Morgan fingerprint density at radius 3 is 2.86 bits per heavy atom. The van der Waals surface area contributed by atoms with Crippen LogP contribution in [0.5, 0.6) is 0 Å². The molecule has 0 unspecified atom stereocenters. The monoisotopic (exact) mass is 381 g/mol. The van der Waals surface area contributed by atoms with Crippen LogP contribution in [-0.4, -0.2) is 39.1 Å². The largest absolute Gasteiger partial charge is 0.325 e. The molecule has 1 aromatic carbocycles. The molecule has 8 heteroatoms. The normalized spacial score (nSPS) is 21.2. The van der Waals surface area contributed by atoms with Crippen molar-refractivity contribution in [2.24, 2.45) is 0 Å². The average Bonchev–Trinajstić information content (AvgIpc) is 3.21. The van der Waals surface area contributed by atoms with Gasteiger partial charge in [-0.05, 0) is 44.2 Å².